The standard InChI is InChI=1S/C12H15NO3/c1-7(2)10-5-9(16-8-3-4-8)6-13-11(10)12(14)15/h5-8H,3-4H2,1-2H3,(H,14,15). The first kappa shape index (κ1) is 10.9. The lowest BCUT2D eigenvalue weighted by Crippen LogP contribution is -2.08. The lowest BCUT2D eigenvalue weighted by molar-refractivity contribution is 0.0688. The zero-order valence-electron chi connectivity index (χ0n) is 9.43. The molecule has 1 N–H and O–H groups in total. The average molecular weight is 221 g/mol. The van der Waals surface area contributed by atoms with Gasteiger partial charge in [-0.05, 0) is 30.4 Å². The quantitative estimate of drug-likeness (QED) is 0.848. The van der Waals surface area contributed by atoms with Gasteiger partial charge in [-0.25, -0.2) is 9.78 Å². The predicted molar refractivity (Wildman–Crippen MR) is 58.9 cm³/mol. The summed E-state index contributed by atoms with van der Waals surface area (Å²) < 4.78 is 5.60. The molecule has 1 aliphatic rings. The lowest BCUT2D eigenvalue weighted by Gasteiger charge is -2.11. The van der Waals surface area contributed by atoms with Crippen LogP contribution >= 0.6 is 0 Å². The SMILES string of the molecule is CC(C)c1cc(OC2CC2)cnc1C(=O)O. The Labute approximate surface area is 94.3 Å². The van der Waals surface area contributed by atoms with Crippen LogP contribution in [0.15, 0.2) is 12.3 Å². The summed E-state index contributed by atoms with van der Waals surface area (Å²) in [7, 11) is 0. The number of ether oxygens (including phenoxy) is 1. The highest BCUT2D eigenvalue weighted by atomic mass is 16.5. The Kier molecular flexibility index (Phi) is 2.81. The van der Waals surface area contributed by atoms with Crippen LogP contribution in [0.25, 0.3) is 0 Å². The van der Waals surface area contributed by atoms with Gasteiger partial charge in [0.25, 0.3) is 0 Å². The highest BCUT2D eigenvalue weighted by molar-refractivity contribution is 5.87. The van der Waals surface area contributed by atoms with Crippen LogP contribution in [0.1, 0.15) is 48.7 Å². The number of carboxylic acid groups (broad SMARTS) is 1. The van der Waals surface area contributed by atoms with Crippen molar-refractivity contribution in [2.75, 3.05) is 0 Å². The third-order valence-corrected chi connectivity index (χ3v) is 2.54. The van der Waals surface area contributed by atoms with E-state index in [1.807, 2.05) is 13.8 Å². The van der Waals surface area contributed by atoms with E-state index < -0.39 is 5.97 Å². The van der Waals surface area contributed by atoms with E-state index in [4.69, 9.17) is 9.84 Å². The fourth-order valence-corrected chi connectivity index (χ4v) is 1.52. The average Bonchev–Trinajstić information content (AvgIpc) is 3.01. The number of aromatic nitrogens is 1. The topological polar surface area (TPSA) is 59.4 Å². The number of aromatic carboxylic acids is 1. The lowest BCUT2D eigenvalue weighted by atomic mass is 10.0. The van der Waals surface area contributed by atoms with Gasteiger partial charge in [0, 0.05) is 0 Å². The van der Waals surface area contributed by atoms with Crippen LogP contribution in [0, 0.1) is 0 Å². The minimum absolute atomic E-state index is 0.123. The number of carbonyl (C=O) groups is 1. The maximum absolute atomic E-state index is 11.0. The van der Waals surface area contributed by atoms with Gasteiger partial charge in [-0.2, -0.15) is 0 Å². The first-order valence-corrected chi connectivity index (χ1v) is 5.48. The van der Waals surface area contributed by atoms with E-state index in [1.54, 1.807) is 6.07 Å². The molecule has 86 valence electrons. The van der Waals surface area contributed by atoms with Crippen LogP contribution in [-0.2, 0) is 0 Å². The van der Waals surface area contributed by atoms with E-state index in [0.29, 0.717) is 11.9 Å². The van der Waals surface area contributed by atoms with E-state index in [1.165, 1.54) is 6.20 Å². The molecule has 0 saturated heterocycles. The second-order valence-electron chi connectivity index (χ2n) is 4.39. The van der Waals surface area contributed by atoms with Gasteiger partial charge >= 0.3 is 5.97 Å². The van der Waals surface area contributed by atoms with Crippen LogP contribution in [-0.4, -0.2) is 22.2 Å². The van der Waals surface area contributed by atoms with Crippen molar-refractivity contribution in [1.29, 1.82) is 0 Å². The van der Waals surface area contributed by atoms with Crippen molar-refractivity contribution in [3.63, 3.8) is 0 Å². The highest BCUT2D eigenvalue weighted by Gasteiger charge is 2.24. The Morgan fingerprint density at radius 1 is 1.56 bits per heavy atom. The zero-order chi connectivity index (χ0) is 11.7. The number of hydrogen-bond acceptors (Lipinski definition) is 3. The van der Waals surface area contributed by atoms with E-state index in [2.05, 4.69) is 4.98 Å². The second-order valence-corrected chi connectivity index (χ2v) is 4.39. The summed E-state index contributed by atoms with van der Waals surface area (Å²) >= 11 is 0. The number of hydrogen-bond donors (Lipinski definition) is 1. The molecule has 1 aromatic rings. The van der Waals surface area contributed by atoms with Crippen molar-refractivity contribution < 1.29 is 14.6 Å². The summed E-state index contributed by atoms with van der Waals surface area (Å²) in [4.78, 5) is 14.9. The van der Waals surface area contributed by atoms with E-state index in [-0.39, 0.29) is 11.6 Å². The molecule has 1 aliphatic carbocycles. The van der Waals surface area contributed by atoms with Gasteiger partial charge in [0.05, 0.1) is 12.3 Å². The van der Waals surface area contributed by atoms with Crippen molar-refractivity contribution in [2.24, 2.45) is 0 Å². The first-order valence-electron chi connectivity index (χ1n) is 5.48. The van der Waals surface area contributed by atoms with Gasteiger partial charge in [-0.15, -0.1) is 0 Å². The van der Waals surface area contributed by atoms with Gasteiger partial charge in [0.15, 0.2) is 5.69 Å². The van der Waals surface area contributed by atoms with Gasteiger partial charge in [-0.1, -0.05) is 13.8 Å². The summed E-state index contributed by atoms with van der Waals surface area (Å²) in [5.74, 6) is -0.181. The van der Waals surface area contributed by atoms with Crippen molar-refractivity contribution in [2.45, 2.75) is 38.7 Å². The fourth-order valence-electron chi connectivity index (χ4n) is 1.52. The van der Waals surface area contributed by atoms with Crippen LogP contribution in [0.3, 0.4) is 0 Å². The molecule has 1 aromatic heterocycles. The molecule has 0 amide bonds. The molecule has 4 nitrogen and oxygen atoms in total. The molecule has 0 atom stereocenters. The molecule has 16 heavy (non-hydrogen) atoms. The van der Waals surface area contributed by atoms with Crippen molar-refractivity contribution >= 4 is 5.97 Å². The molecular formula is C12H15NO3. The van der Waals surface area contributed by atoms with Crippen molar-refractivity contribution in [1.82, 2.24) is 4.98 Å². The fraction of sp³-hybridized carbons (Fsp3) is 0.500. The number of rotatable bonds is 4. The molecule has 0 bridgehead atoms. The zero-order valence-corrected chi connectivity index (χ0v) is 9.43. The molecule has 4 heteroatoms. The Bertz CT molecular complexity index is 411. The smallest absolute Gasteiger partial charge is 0.354 e. The van der Waals surface area contributed by atoms with Crippen LogP contribution < -0.4 is 4.74 Å². The van der Waals surface area contributed by atoms with E-state index in [0.717, 1.165) is 18.4 Å². The molecule has 1 heterocycles. The summed E-state index contributed by atoms with van der Waals surface area (Å²) in [6.07, 6.45) is 3.96. The number of pyridine rings is 1. The number of carboxylic acids is 1. The summed E-state index contributed by atoms with van der Waals surface area (Å²) in [6, 6.07) is 1.79. The second kappa shape index (κ2) is 4.12. The largest absolute Gasteiger partial charge is 0.489 e. The molecule has 2 rings (SSSR count). The molecule has 0 spiro atoms. The molecule has 1 fully saturated rings. The third kappa shape index (κ3) is 2.32. The molecule has 0 radical (unpaired) electrons. The van der Waals surface area contributed by atoms with Gasteiger partial charge in [0.2, 0.25) is 0 Å². The highest BCUT2D eigenvalue weighted by Crippen LogP contribution is 2.29. The molecule has 0 aliphatic heterocycles. The van der Waals surface area contributed by atoms with Crippen LogP contribution in [0.4, 0.5) is 0 Å². The Balaban J connectivity index is 2.30. The van der Waals surface area contributed by atoms with E-state index >= 15 is 0 Å². The molecule has 0 unspecified atom stereocenters. The van der Waals surface area contributed by atoms with Crippen molar-refractivity contribution in [3.05, 3.63) is 23.5 Å². The minimum atomic E-state index is -0.985. The Morgan fingerprint density at radius 2 is 2.25 bits per heavy atom. The van der Waals surface area contributed by atoms with Crippen LogP contribution in [0.5, 0.6) is 5.75 Å². The summed E-state index contributed by atoms with van der Waals surface area (Å²) in [6.45, 7) is 3.90. The predicted octanol–water partition coefficient (Wildman–Crippen LogP) is 2.44. The summed E-state index contributed by atoms with van der Waals surface area (Å²) in [5.41, 5.74) is 0.851. The minimum Gasteiger partial charge on any atom is -0.489 e. The Hall–Kier alpha value is -1.58. The van der Waals surface area contributed by atoms with Gasteiger partial charge in [0.1, 0.15) is 5.75 Å². The molecule has 1 saturated carbocycles. The third-order valence-electron chi connectivity index (χ3n) is 2.54. The van der Waals surface area contributed by atoms with Crippen LogP contribution in [0.2, 0.25) is 0 Å². The molecule has 0 aromatic carbocycles. The Morgan fingerprint density at radius 3 is 2.75 bits per heavy atom. The van der Waals surface area contributed by atoms with Crippen molar-refractivity contribution in [3.8, 4) is 5.75 Å². The molecular weight excluding hydrogens is 206 g/mol. The number of nitrogens with zero attached hydrogens (tertiary/aromatic N) is 1. The normalized spacial score (nSPS) is 15.2. The first-order chi connectivity index (χ1) is 7.58. The van der Waals surface area contributed by atoms with Gasteiger partial charge in [-0.3, -0.25) is 0 Å². The summed E-state index contributed by atoms with van der Waals surface area (Å²) in [5, 5.41) is 9.00. The van der Waals surface area contributed by atoms with Gasteiger partial charge < -0.3 is 9.84 Å². The van der Waals surface area contributed by atoms with E-state index in [9.17, 15) is 4.79 Å². The monoisotopic (exact) mass is 221 g/mol. The maximum atomic E-state index is 11.0. The maximum Gasteiger partial charge on any atom is 0.354 e.